The van der Waals surface area contributed by atoms with Crippen LogP contribution in [0.15, 0.2) is 27.4 Å². The number of aliphatic hydroxyl groups is 4. The van der Waals surface area contributed by atoms with Crippen molar-refractivity contribution in [2.45, 2.75) is 37.6 Å². The minimum atomic E-state index is -1.57. The van der Waals surface area contributed by atoms with Crippen molar-refractivity contribution in [3.63, 3.8) is 0 Å². The largest absolute Gasteiger partial charge is 0.460 e. The van der Waals surface area contributed by atoms with Crippen molar-refractivity contribution in [3.05, 3.63) is 39.2 Å². The van der Waals surface area contributed by atoms with E-state index in [1.807, 2.05) is 0 Å². The molecular formula is C16H17ClO8. The van der Waals surface area contributed by atoms with Gasteiger partial charge in [-0.25, -0.2) is 4.79 Å². The first kappa shape index (κ1) is 18.1. The van der Waals surface area contributed by atoms with Crippen LogP contribution in [0, 0.1) is 6.92 Å². The maximum absolute atomic E-state index is 11.5. The van der Waals surface area contributed by atoms with Crippen LogP contribution in [-0.2, 0) is 4.74 Å². The zero-order valence-electron chi connectivity index (χ0n) is 13.1. The number of hydrogen-bond donors (Lipinski definition) is 4. The standard InChI is InChI=1S/C16H17ClO8/c1-6-2-12(19)23-9-4-10(8(17)3-7(6)9)24-16-15(22)14(21)13(20)11(5-18)25-16/h2-4,11,13-16,18,20-22H,5H2,1H3/t11?,13-,14?,15-,16-/m1/s1. The minimum absolute atomic E-state index is 0.0484. The van der Waals surface area contributed by atoms with Gasteiger partial charge in [-0.1, -0.05) is 11.6 Å². The predicted octanol–water partition coefficient (Wildman–Crippen LogP) is -0.0665. The van der Waals surface area contributed by atoms with Gasteiger partial charge in [-0.15, -0.1) is 0 Å². The van der Waals surface area contributed by atoms with E-state index >= 15 is 0 Å². The van der Waals surface area contributed by atoms with Crippen LogP contribution in [0.3, 0.4) is 0 Å². The quantitative estimate of drug-likeness (QED) is 0.551. The first-order valence-electron chi connectivity index (χ1n) is 7.53. The van der Waals surface area contributed by atoms with Gasteiger partial charge in [0.25, 0.3) is 0 Å². The lowest BCUT2D eigenvalue weighted by Crippen LogP contribution is -2.60. The van der Waals surface area contributed by atoms with E-state index in [1.54, 1.807) is 6.92 Å². The van der Waals surface area contributed by atoms with Crippen molar-refractivity contribution >= 4 is 22.6 Å². The normalized spacial score (nSPS) is 29.8. The van der Waals surface area contributed by atoms with Crippen molar-refractivity contribution in [2.75, 3.05) is 6.61 Å². The number of hydrogen-bond acceptors (Lipinski definition) is 8. The summed E-state index contributed by atoms with van der Waals surface area (Å²) >= 11 is 6.17. The van der Waals surface area contributed by atoms with E-state index in [4.69, 9.17) is 25.5 Å². The highest BCUT2D eigenvalue weighted by atomic mass is 35.5. The van der Waals surface area contributed by atoms with Gasteiger partial charge in [0.1, 0.15) is 35.7 Å². The first-order valence-corrected chi connectivity index (χ1v) is 7.91. The Morgan fingerprint density at radius 2 is 1.88 bits per heavy atom. The van der Waals surface area contributed by atoms with Gasteiger partial charge in [0, 0.05) is 17.5 Å². The molecule has 0 bridgehead atoms. The molecule has 2 heterocycles. The van der Waals surface area contributed by atoms with Gasteiger partial charge in [0.2, 0.25) is 6.29 Å². The summed E-state index contributed by atoms with van der Waals surface area (Å²) < 4.78 is 15.9. The van der Waals surface area contributed by atoms with Crippen molar-refractivity contribution in [3.8, 4) is 5.75 Å². The lowest BCUT2D eigenvalue weighted by Gasteiger charge is -2.39. The SMILES string of the molecule is Cc1cc(=O)oc2cc(O[C@@H]3OC(CO)[C@@H](O)C(O)[C@H]3O)c(Cl)cc12. The predicted molar refractivity (Wildman–Crippen MR) is 86.6 cm³/mol. The molecule has 8 nitrogen and oxygen atoms in total. The molecule has 5 atom stereocenters. The molecule has 2 unspecified atom stereocenters. The Bertz CT molecular complexity index is 833. The molecule has 1 saturated heterocycles. The second kappa shape index (κ2) is 6.91. The molecule has 2 aromatic rings. The molecule has 3 rings (SSSR count). The van der Waals surface area contributed by atoms with E-state index in [0.29, 0.717) is 10.9 Å². The molecule has 4 N–H and O–H groups in total. The lowest BCUT2D eigenvalue weighted by molar-refractivity contribution is -0.277. The fourth-order valence-corrected chi connectivity index (χ4v) is 2.91. The average molecular weight is 373 g/mol. The Morgan fingerprint density at radius 3 is 2.56 bits per heavy atom. The summed E-state index contributed by atoms with van der Waals surface area (Å²) in [7, 11) is 0. The van der Waals surface area contributed by atoms with Gasteiger partial charge < -0.3 is 34.3 Å². The van der Waals surface area contributed by atoms with Crippen LogP contribution >= 0.6 is 11.6 Å². The Morgan fingerprint density at radius 1 is 1.16 bits per heavy atom. The molecular weight excluding hydrogens is 356 g/mol. The molecule has 136 valence electrons. The number of fused-ring (bicyclic) bond motifs is 1. The summed E-state index contributed by atoms with van der Waals surface area (Å²) in [6.07, 6.45) is -7.14. The van der Waals surface area contributed by atoms with E-state index in [0.717, 1.165) is 0 Å². The molecule has 0 radical (unpaired) electrons. The van der Waals surface area contributed by atoms with Gasteiger partial charge in [-0.05, 0) is 18.6 Å². The fraction of sp³-hybridized carbons (Fsp3) is 0.438. The average Bonchev–Trinajstić information content (AvgIpc) is 2.56. The van der Waals surface area contributed by atoms with E-state index in [-0.39, 0.29) is 16.4 Å². The topological polar surface area (TPSA) is 130 Å². The van der Waals surface area contributed by atoms with Crippen molar-refractivity contribution in [1.29, 1.82) is 0 Å². The highest BCUT2D eigenvalue weighted by Crippen LogP contribution is 2.33. The van der Waals surface area contributed by atoms with E-state index in [9.17, 15) is 25.2 Å². The summed E-state index contributed by atoms with van der Waals surface area (Å²) in [5.74, 6) is 0.0484. The second-order valence-electron chi connectivity index (χ2n) is 5.84. The summed E-state index contributed by atoms with van der Waals surface area (Å²) in [4.78, 5) is 11.5. The molecule has 1 aliphatic heterocycles. The third-order valence-electron chi connectivity index (χ3n) is 4.10. The number of benzene rings is 1. The molecule has 1 aliphatic rings. The zero-order valence-corrected chi connectivity index (χ0v) is 13.9. The first-order chi connectivity index (χ1) is 11.8. The summed E-state index contributed by atoms with van der Waals surface area (Å²) in [6.45, 7) is 1.15. The van der Waals surface area contributed by atoms with E-state index in [1.165, 1.54) is 18.2 Å². The molecule has 9 heteroatoms. The lowest BCUT2D eigenvalue weighted by atomic mass is 9.99. The van der Waals surface area contributed by atoms with Crippen LogP contribution in [0.4, 0.5) is 0 Å². The smallest absolute Gasteiger partial charge is 0.336 e. The van der Waals surface area contributed by atoms with Crippen molar-refractivity contribution < 1.29 is 34.3 Å². The van der Waals surface area contributed by atoms with Crippen LogP contribution in [0.1, 0.15) is 5.56 Å². The van der Waals surface area contributed by atoms with Gasteiger partial charge in [-0.3, -0.25) is 0 Å². The van der Waals surface area contributed by atoms with Crippen LogP contribution in [0.25, 0.3) is 11.0 Å². The van der Waals surface area contributed by atoms with Crippen LogP contribution in [0.5, 0.6) is 5.75 Å². The fourth-order valence-electron chi connectivity index (χ4n) is 2.70. The third-order valence-corrected chi connectivity index (χ3v) is 4.39. The van der Waals surface area contributed by atoms with Gasteiger partial charge in [-0.2, -0.15) is 0 Å². The van der Waals surface area contributed by atoms with Gasteiger partial charge in [0.15, 0.2) is 0 Å². The van der Waals surface area contributed by atoms with Crippen LogP contribution < -0.4 is 10.4 Å². The maximum atomic E-state index is 11.5. The van der Waals surface area contributed by atoms with Crippen LogP contribution in [0.2, 0.25) is 5.02 Å². The number of halogens is 1. The molecule has 0 aliphatic carbocycles. The molecule has 1 fully saturated rings. The molecule has 0 amide bonds. The monoisotopic (exact) mass is 372 g/mol. The van der Waals surface area contributed by atoms with E-state index < -0.39 is 42.9 Å². The van der Waals surface area contributed by atoms with E-state index in [2.05, 4.69) is 0 Å². The Hall–Kier alpha value is -1.68. The Balaban J connectivity index is 1.94. The summed E-state index contributed by atoms with van der Waals surface area (Å²) in [5, 5.41) is 39.6. The maximum Gasteiger partial charge on any atom is 0.336 e. The number of aliphatic hydroxyl groups excluding tert-OH is 4. The minimum Gasteiger partial charge on any atom is -0.460 e. The summed E-state index contributed by atoms with van der Waals surface area (Å²) in [5.41, 5.74) is 0.368. The van der Waals surface area contributed by atoms with Gasteiger partial charge >= 0.3 is 5.63 Å². The Kier molecular flexibility index (Phi) is 5.01. The van der Waals surface area contributed by atoms with Crippen LogP contribution in [-0.4, -0.2) is 57.7 Å². The molecule has 1 aromatic carbocycles. The second-order valence-corrected chi connectivity index (χ2v) is 6.25. The van der Waals surface area contributed by atoms with Gasteiger partial charge in [0.05, 0.1) is 11.6 Å². The zero-order chi connectivity index (χ0) is 18.3. The molecule has 1 aromatic heterocycles. The number of ether oxygens (including phenoxy) is 2. The molecule has 25 heavy (non-hydrogen) atoms. The molecule has 0 spiro atoms. The highest BCUT2D eigenvalue weighted by Gasteiger charge is 2.44. The Labute approximate surface area is 146 Å². The van der Waals surface area contributed by atoms with Crippen molar-refractivity contribution in [2.24, 2.45) is 0 Å². The molecule has 0 saturated carbocycles. The highest BCUT2D eigenvalue weighted by molar-refractivity contribution is 6.32. The third kappa shape index (κ3) is 3.37. The summed E-state index contributed by atoms with van der Waals surface area (Å²) in [6, 6.07) is 4.23. The number of aryl methyl sites for hydroxylation is 1. The van der Waals surface area contributed by atoms with Crippen molar-refractivity contribution in [1.82, 2.24) is 0 Å². The number of rotatable bonds is 3.